The van der Waals surface area contributed by atoms with Crippen LogP contribution in [0.3, 0.4) is 0 Å². The summed E-state index contributed by atoms with van der Waals surface area (Å²) in [5.41, 5.74) is 2.29. The van der Waals surface area contributed by atoms with Crippen molar-refractivity contribution in [2.24, 2.45) is 0 Å². The van der Waals surface area contributed by atoms with Crippen LogP contribution < -0.4 is 14.9 Å². The lowest BCUT2D eigenvalue weighted by Crippen LogP contribution is -2.29. The van der Waals surface area contributed by atoms with Crippen molar-refractivity contribution in [3.63, 3.8) is 0 Å². The number of carbonyl (C=O) groups excluding carboxylic acids is 1. The van der Waals surface area contributed by atoms with E-state index in [-0.39, 0.29) is 0 Å². The average molecular weight is 394 g/mol. The molecule has 0 aromatic heterocycles. The van der Waals surface area contributed by atoms with E-state index in [1.807, 2.05) is 38.2 Å². The first-order valence-corrected chi connectivity index (χ1v) is 11.0. The van der Waals surface area contributed by atoms with E-state index in [4.69, 9.17) is 0 Å². The Labute approximate surface area is 171 Å². The molecule has 27 heavy (non-hydrogen) atoms. The highest BCUT2D eigenvalue weighted by molar-refractivity contribution is 7.98. The molecule has 0 unspecified atom stereocenters. The van der Waals surface area contributed by atoms with Gasteiger partial charge in [0.25, 0.3) is 0 Å². The minimum Gasteiger partial charge on any atom is -0.388 e. The SMILES string of the molecule is CC(C)(C)SNC1CCCCC1.CNc1ccc(N(C)CCCC=O)cc1. The van der Waals surface area contributed by atoms with E-state index in [2.05, 4.69) is 47.8 Å². The van der Waals surface area contributed by atoms with Gasteiger partial charge in [0.05, 0.1) is 0 Å². The van der Waals surface area contributed by atoms with Crippen molar-refractivity contribution in [3.05, 3.63) is 24.3 Å². The van der Waals surface area contributed by atoms with Gasteiger partial charge in [-0.15, -0.1) is 0 Å². The third kappa shape index (κ3) is 11.3. The Balaban J connectivity index is 0.000000277. The molecule has 1 fully saturated rings. The number of unbranched alkanes of at least 4 members (excludes halogenated alkanes) is 1. The molecule has 5 heteroatoms. The maximum atomic E-state index is 10.2. The molecule has 1 saturated carbocycles. The van der Waals surface area contributed by atoms with E-state index >= 15 is 0 Å². The number of hydrogen-bond acceptors (Lipinski definition) is 5. The molecule has 0 saturated heterocycles. The van der Waals surface area contributed by atoms with Gasteiger partial charge in [-0.05, 0) is 64.3 Å². The zero-order chi connectivity index (χ0) is 20.1. The van der Waals surface area contributed by atoms with Crippen LogP contribution in [0.5, 0.6) is 0 Å². The van der Waals surface area contributed by atoms with Crippen LogP contribution in [-0.2, 0) is 4.79 Å². The molecule has 1 aromatic rings. The van der Waals surface area contributed by atoms with E-state index in [0.717, 1.165) is 31.0 Å². The molecule has 4 nitrogen and oxygen atoms in total. The smallest absolute Gasteiger partial charge is 0.120 e. The predicted molar refractivity (Wildman–Crippen MR) is 122 cm³/mol. The molecule has 0 bridgehead atoms. The first-order chi connectivity index (χ1) is 12.9. The summed E-state index contributed by atoms with van der Waals surface area (Å²) in [6, 6.07) is 9.03. The van der Waals surface area contributed by atoms with Crippen LogP contribution in [0.25, 0.3) is 0 Å². The number of nitrogens with zero attached hydrogens (tertiary/aromatic N) is 1. The van der Waals surface area contributed by atoms with Crippen LogP contribution in [0.15, 0.2) is 24.3 Å². The lowest BCUT2D eigenvalue weighted by molar-refractivity contribution is -0.107. The van der Waals surface area contributed by atoms with Crippen LogP contribution >= 0.6 is 11.9 Å². The van der Waals surface area contributed by atoms with Gasteiger partial charge >= 0.3 is 0 Å². The molecule has 2 rings (SSSR count). The van der Waals surface area contributed by atoms with Gasteiger partial charge in [0, 0.05) is 49.2 Å². The van der Waals surface area contributed by atoms with Crippen LogP contribution in [0.1, 0.15) is 65.7 Å². The molecule has 154 valence electrons. The first-order valence-electron chi connectivity index (χ1n) is 10.2. The van der Waals surface area contributed by atoms with Crippen molar-refractivity contribution >= 4 is 29.6 Å². The fourth-order valence-corrected chi connectivity index (χ4v) is 3.66. The molecular formula is C22H39N3OS. The van der Waals surface area contributed by atoms with Gasteiger partial charge in [-0.25, -0.2) is 0 Å². The molecule has 1 aliphatic carbocycles. The van der Waals surface area contributed by atoms with Gasteiger partial charge in [-0.1, -0.05) is 31.2 Å². The van der Waals surface area contributed by atoms with Crippen molar-refractivity contribution in [3.8, 4) is 0 Å². The Hall–Kier alpha value is -1.20. The number of anilines is 2. The number of carbonyl (C=O) groups is 1. The number of rotatable bonds is 8. The normalized spacial score (nSPS) is 14.9. The van der Waals surface area contributed by atoms with E-state index in [9.17, 15) is 4.79 Å². The lowest BCUT2D eigenvalue weighted by atomic mass is 9.96. The summed E-state index contributed by atoms with van der Waals surface area (Å²) in [5, 5.41) is 3.08. The second-order valence-electron chi connectivity index (χ2n) is 8.19. The minimum atomic E-state index is 0.359. The molecule has 0 amide bonds. The maximum absolute atomic E-state index is 10.2. The summed E-state index contributed by atoms with van der Waals surface area (Å²) in [5.74, 6) is 0. The van der Waals surface area contributed by atoms with E-state index in [1.54, 1.807) is 0 Å². The van der Waals surface area contributed by atoms with Gasteiger partial charge < -0.3 is 15.0 Å². The Morgan fingerprint density at radius 1 is 1.15 bits per heavy atom. The summed E-state index contributed by atoms with van der Waals surface area (Å²) < 4.78 is 3.94. The maximum Gasteiger partial charge on any atom is 0.120 e. The molecule has 0 heterocycles. The Morgan fingerprint density at radius 2 is 1.78 bits per heavy atom. The molecule has 0 spiro atoms. The van der Waals surface area contributed by atoms with Crippen molar-refractivity contribution in [2.45, 2.75) is 76.5 Å². The average Bonchev–Trinajstić information content (AvgIpc) is 2.67. The molecule has 0 atom stereocenters. The summed E-state index contributed by atoms with van der Waals surface area (Å²) in [7, 11) is 3.95. The topological polar surface area (TPSA) is 44.4 Å². The van der Waals surface area contributed by atoms with Gasteiger partial charge in [0.15, 0.2) is 0 Å². The number of aldehydes is 1. The van der Waals surface area contributed by atoms with Gasteiger partial charge in [-0.2, -0.15) is 0 Å². The second kappa shape index (κ2) is 13.1. The molecule has 1 aliphatic rings. The van der Waals surface area contributed by atoms with Crippen LogP contribution in [0.4, 0.5) is 11.4 Å². The van der Waals surface area contributed by atoms with Gasteiger partial charge in [0.2, 0.25) is 0 Å². The highest BCUT2D eigenvalue weighted by Crippen LogP contribution is 2.25. The minimum absolute atomic E-state index is 0.359. The molecule has 2 N–H and O–H groups in total. The number of hydrogen-bond donors (Lipinski definition) is 2. The molecule has 1 aromatic carbocycles. The van der Waals surface area contributed by atoms with Gasteiger partial charge in [0.1, 0.15) is 6.29 Å². The lowest BCUT2D eigenvalue weighted by Gasteiger charge is -2.26. The van der Waals surface area contributed by atoms with Crippen LogP contribution in [0, 0.1) is 0 Å². The molecule has 0 aliphatic heterocycles. The van der Waals surface area contributed by atoms with E-state index in [0.29, 0.717) is 11.2 Å². The molecule has 0 radical (unpaired) electrons. The quantitative estimate of drug-likeness (QED) is 0.347. The summed E-state index contributed by atoms with van der Waals surface area (Å²) in [4.78, 5) is 12.3. The highest BCUT2D eigenvalue weighted by atomic mass is 32.2. The summed E-state index contributed by atoms with van der Waals surface area (Å²) in [6.45, 7) is 7.69. The van der Waals surface area contributed by atoms with Crippen LogP contribution in [0.2, 0.25) is 0 Å². The fraction of sp³-hybridized carbons (Fsp3) is 0.682. The zero-order valence-corrected chi connectivity index (χ0v) is 18.7. The third-order valence-corrected chi connectivity index (χ3v) is 5.61. The Kier molecular flexibility index (Phi) is 11.5. The highest BCUT2D eigenvalue weighted by Gasteiger charge is 2.17. The Morgan fingerprint density at radius 3 is 2.30 bits per heavy atom. The standard InChI is InChI=1S/C12H18N2O.C10H21NS/c1-13-11-5-7-12(8-6-11)14(2)9-3-4-10-15;1-10(2,3)12-11-9-7-5-4-6-8-9/h5-8,10,13H,3-4,9H2,1-2H3;9,11H,4-8H2,1-3H3. The number of nitrogens with one attached hydrogen (secondary N) is 2. The van der Waals surface area contributed by atoms with Crippen molar-refractivity contribution in [2.75, 3.05) is 30.9 Å². The van der Waals surface area contributed by atoms with E-state index < -0.39 is 0 Å². The summed E-state index contributed by atoms with van der Waals surface area (Å²) in [6.07, 6.45) is 9.56. The largest absolute Gasteiger partial charge is 0.388 e. The van der Waals surface area contributed by atoms with Gasteiger partial charge in [-0.3, -0.25) is 4.72 Å². The zero-order valence-electron chi connectivity index (χ0n) is 17.9. The second-order valence-corrected chi connectivity index (χ2v) is 9.86. The summed E-state index contributed by atoms with van der Waals surface area (Å²) >= 11 is 1.89. The van der Waals surface area contributed by atoms with Crippen molar-refractivity contribution < 1.29 is 4.79 Å². The first kappa shape index (κ1) is 23.8. The van der Waals surface area contributed by atoms with Crippen molar-refractivity contribution in [1.29, 1.82) is 0 Å². The molecular weight excluding hydrogens is 354 g/mol. The van der Waals surface area contributed by atoms with E-state index in [1.165, 1.54) is 37.8 Å². The van der Waals surface area contributed by atoms with Crippen molar-refractivity contribution in [1.82, 2.24) is 4.72 Å². The van der Waals surface area contributed by atoms with Crippen LogP contribution in [-0.4, -0.2) is 37.7 Å². The monoisotopic (exact) mass is 393 g/mol. The predicted octanol–water partition coefficient (Wildman–Crippen LogP) is 5.50. The fourth-order valence-electron chi connectivity index (χ4n) is 2.90. The third-order valence-electron chi connectivity index (χ3n) is 4.55. The Bertz CT molecular complexity index is 507. The number of benzene rings is 1.